The summed E-state index contributed by atoms with van der Waals surface area (Å²) in [7, 11) is 0. The number of hydrogen-bond donors (Lipinski definition) is 3. The molecule has 128 valence electrons. The van der Waals surface area contributed by atoms with Gasteiger partial charge in [-0.2, -0.15) is 0 Å². The fraction of sp³-hybridized carbons (Fsp3) is 0.588. The van der Waals surface area contributed by atoms with E-state index < -0.39 is 6.10 Å². The lowest BCUT2D eigenvalue weighted by Crippen LogP contribution is -2.47. The summed E-state index contributed by atoms with van der Waals surface area (Å²) in [6.07, 6.45) is 1.28. The van der Waals surface area contributed by atoms with Crippen LogP contribution in [0.25, 0.3) is 0 Å². The van der Waals surface area contributed by atoms with E-state index in [9.17, 15) is 4.79 Å². The number of benzene rings is 1. The van der Waals surface area contributed by atoms with Crippen LogP contribution in [0, 0.1) is 20.8 Å². The number of carbonyl (C=O) groups excluding carboxylic acids is 1. The maximum atomic E-state index is 12.4. The number of amides is 1. The monoisotopic (exact) mass is 339 g/mol. The van der Waals surface area contributed by atoms with Crippen LogP contribution in [-0.2, 0) is 4.79 Å². The summed E-state index contributed by atoms with van der Waals surface area (Å²) >= 11 is 6.37. The molecule has 1 saturated heterocycles. The molecule has 1 aliphatic rings. The number of rotatable bonds is 4. The van der Waals surface area contributed by atoms with Crippen LogP contribution in [0.1, 0.15) is 36.5 Å². The number of nitrogens with two attached hydrogens (primary N) is 1. The summed E-state index contributed by atoms with van der Waals surface area (Å²) in [5.41, 5.74) is 9.31. The Kier molecular flexibility index (Phi) is 5.76. The fourth-order valence-electron chi connectivity index (χ4n) is 2.76. The lowest BCUT2D eigenvalue weighted by atomic mass is 10.0. The third-order valence-corrected chi connectivity index (χ3v) is 5.04. The summed E-state index contributed by atoms with van der Waals surface area (Å²) in [6.45, 7) is 9.30. The van der Waals surface area contributed by atoms with E-state index in [1.165, 1.54) is 0 Å². The smallest absolute Gasteiger partial charge is 0.260 e. The Morgan fingerprint density at radius 2 is 1.87 bits per heavy atom. The number of piperidine rings is 1. The predicted molar refractivity (Wildman–Crippen MR) is 94.2 cm³/mol. The summed E-state index contributed by atoms with van der Waals surface area (Å²) in [5, 5.41) is 6.80. The van der Waals surface area contributed by atoms with Crippen molar-refractivity contribution in [2.24, 2.45) is 0 Å². The van der Waals surface area contributed by atoms with Crippen LogP contribution in [0.5, 0.6) is 5.75 Å². The van der Waals surface area contributed by atoms with Crippen LogP contribution in [0.3, 0.4) is 0 Å². The van der Waals surface area contributed by atoms with Crippen molar-refractivity contribution in [1.29, 1.82) is 0 Å². The third kappa shape index (κ3) is 3.90. The van der Waals surface area contributed by atoms with Crippen LogP contribution in [-0.4, -0.2) is 31.1 Å². The molecule has 1 aromatic carbocycles. The van der Waals surface area contributed by atoms with Crippen LogP contribution in [0.4, 0.5) is 5.69 Å². The van der Waals surface area contributed by atoms with Gasteiger partial charge in [0.1, 0.15) is 5.75 Å². The molecule has 5 nitrogen and oxygen atoms in total. The quantitative estimate of drug-likeness (QED) is 0.737. The molecule has 23 heavy (non-hydrogen) atoms. The zero-order chi connectivity index (χ0) is 17.1. The molecule has 1 atom stereocenters. The molecule has 0 spiro atoms. The molecule has 1 amide bonds. The molecule has 6 heteroatoms. The largest absolute Gasteiger partial charge is 0.479 e. The van der Waals surface area contributed by atoms with E-state index in [0.29, 0.717) is 16.5 Å². The van der Waals surface area contributed by atoms with Crippen LogP contribution < -0.4 is 21.1 Å². The minimum absolute atomic E-state index is 0.112. The second kappa shape index (κ2) is 7.41. The Hall–Kier alpha value is -1.46. The van der Waals surface area contributed by atoms with Gasteiger partial charge in [0.2, 0.25) is 0 Å². The van der Waals surface area contributed by atoms with E-state index in [0.717, 1.165) is 42.6 Å². The third-order valence-electron chi connectivity index (χ3n) is 4.59. The molecule has 0 aromatic heterocycles. The normalized spacial score (nSPS) is 16.9. The Bertz CT molecular complexity index is 569. The van der Waals surface area contributed by atoms with Crippen molar-refractivity contribution in [3.05, 3.63) is 21.7 Å². The van der Waals surface area contributed by atoms with Crippen molar-refractivity contribution in [3.63, 3.8) is 0 Å². The van der Waals surface area contributed by atoms with Gasteiger partial charge in [-0.1, -0.05) is 11.6 Å². The highest BCUT2D eigenvalue weighted by Gasteiger charge is 2.23. The van der Waals surface area contributed by atoms with Crippen molar-refractivity contribution >= 4 is 23.2 Å². The Labute approximate surface area is 142 Å². The van der Waals surface area contributed by atoms with Gasteiger partial charge >= 0.3 is 0 Å². The molecule has 1 aliphatic heterocycles. The van der Waals surface area contributed by atoms with E-state index in [1.54, 1.807) is 6.92 Å². The first-order chi connectivity index (χ1) is 10.8. The molecule has 1 aromatic rings. The number of nitrogens with one attached hydrogen (secondary N) is 2. The average molecular weight is 340 g/mol. The van der Waals surface area contributed by atoms with E-state index in [-0.39, 0.29) is 11.9 Å². The first kappa shape index (κ1) is 17.9. The number of anilines is 1. The minimum Gasteiger partial charge on any atom is -0.479 e. The zero-order valence-corrected chi connectivity index (χ0v) is 15.0. The number of carbonyl (C=O) groups is 1. The topological polar surface area (TPSA) is 76.4 Å². The van der Waals surface area contributed by atoms with E-state index >= 15 is 0 Å². The maximum absolute atomic E-state index is 12.4. The van der Waals surface area contributed by atoms with Crippen molar-refractivity contribution in [2.75, 3.05) is 18.8 Å². The number of halogens is 1. The first-order valence-electron chi connectivity index (χ1n) is 8.05. The summed E-state index contributed by atoms with van der Waals surface area (Å²) in [5.74, 6) is 0.434. The van der Waals surface area contributed by atoms with Crippen molar-refractivity contribution in [3.8, 4) is 5.75 Å². The Morgan fingerprint density at radius 3 is 2.48 bits per heavy atom. The number of nitrogen functional groups attached to an aromatic ring is 1. The second-order valence-corrected chi connectivity index (χ2v) is 6.60. The molecule has 1 fully saturated rings. The van der Waals surface area contributed by atoms with E-state index in [1.807, 2.05) is 20.8 Å². The lowest BCUT2D eigenvalue weighted by Gasteiger charge is -2.26. The lowest BCUT2D eigenvalue weighted by molar-refractivity contribution is -0.128. The fourth-order valence-corrected chi connectivity index (χ4v) is 3.05. The highest BCUT2D eigenvalue weighted by Crippen LogP contribution is 2.38. The standard InChI is InChI=1S/C17H26ClN3O2/c1-9-10(2)16(14(18)11(3)15(9)19)23-12(4)17(22)21-13-5-7-20-8-6-13/h12-13,20H,5-8,19H2,1-4H3,(H,21,22). The molecule has 4 N–H and O–H groups in total. The average Bonchev–Trinajstić information content (AvgIpc) is 2.55. The van der Waals surface area contributed by atoms with Gasteiger partial charge in [0.25, 0.3) is 5.91 Å². The van der Waals surface area contributed by atoms with Gasteiger partial charge in [0, 0.05) is 11.7 Å². The Balaban J connectivity index is 2.10. The highest BCUT2D eigenvalue weighted by atomic mass is 35.5. The molecule has 1 unspecified atom stereocenters. The summed E-state index contributed by atoms with van der Waals surface area (Å²) in [6, 6.07) is 0.209. The number of hydrogen-bond acceptors (Lipinski definition) is 4. The van der Waals surface area contributed by atoms with Crippen molar-refractivity contribution in [2.45, 2.75) is 52.7 Å². The summed E-state index contributed by atoms with van der Waals surface area (Å²) in [4.78, 5) is 12.4. The van der Waals surface area contributed by atoms with E-state index in [4.69, 9.17) is 22.1 Å². The van der Waals surface area contributed by atoms with Gasteiger partial charge in [-0.15, -0.1) is 0 Å². The molecular weight excluding hydrogens is 314 g/mol. The van der Waals surface area contributed by atoms with E-state index in [2.05, 4.69) is 10.6 Å². The van der Waals surface area contributed by atoms with Crippen LogP contribution >= 0.6 is 11.6 Å². The molecule has 2 rings (SSSR count). The Morgan fingerprint density at radius 1 is 1.26 bits per heavy atom. The molecule has 0 radical (unpaired) electrons. The maximum Gasteiger partial charge on any atom is 0.260 e. The van der Waals surface area contributed by atoms with Crippen molar-refractivity contribution < 1.29 is 9.53 Å². The van der Waals surface area contributed by atoms with Gasteiger partial charge in [0.05, 0.1) is 5.02 Å². The summed E-state index contributed by atoms with van der Waals surface area (Å²) < 4.78 is 5.88. The second-order valence-electron chi connectivity index (χ2n) is 6.22. The number of ether oxygens (including phenoxy) is 1. The zero-order valence-electron chi connectivity index (χ0n) is 14.3. The van der Waals surface area contributed by atoms with Gasteiger partial charge in [0.15, 0.2) is 6.10 Å². The van der Waals surface area contributed by atoms with Crippen molar-refractivity contribution in [1.82, 2.24) is 10.6 Å². The molecule has 0 aliphatic carbocycles. The highest BCUT2D eigenvalue weighted by molar-refractivity contribution is 6.33. The molecular formula is C17H26ClN3O2. The predicted octanol–water partition coefficient (Wildman–Crippen LogP) is 2.48. The molecule has 0 saturated carbocycles. The van der Waals surface area contributed by atoms with Gasteiger partial charge in [-0.25, -0.2) is 0 Å². The van der Waals surface area contributed by atoms with Gasteiger partial charge in [-0.05, 0) is 70.3 Å². The van der Waals surface area contributed by atoms with Gasteiger partial charge in [-0.3, -0.25) is 4.79 Å². The van der Waals surface area contributed by atoms with Gasteiger partial charge < -0.3 is 21.1 Å². The minimum atomic E-state index is -0.608. The van der Waals surface area contributed by atoms with Crippen LogP contribution in [0.2, 0.25) is 5.02 Å². The first-order valence-corrected chi connectivity index (χ1v) is 8.43. The molecule has 0 bridgehead atoms. The van der Waals surface area contributed by atoms with Crippen LogP contribution in [0.15, 0.2) is 0 Å². The molecule has 1 heterocycles. The SMILES string of the molecule is Cc1c(C)c(OC(C)C(=O)NC2CCNCC2)c(Cl)c(C)c1N.